The first kappa shape index (κ1) is 39.3. The Morgan fingerprint density at radius 2 is 1.43 bits per heavy atom. The Hall–Kier alpha value is -2.96. The van der Waals surface area contributed by atoms with Crippen molar-refractivity contribution in [2.75, 3.05) is 6.61 Å². The van der Waals surface area contributed by atoms with E-state index < -0.39 is 120 Å². The number of hydrogen-bond donors (Lipinski definition) is 7. The minimum atomic E-state index is -1.62. The van der Waals surface area contributed by atoms with Crippen LogP contribution in [-0.4, -0.2) is 127 Å². The van der Waals surface area contributed by atoms with Gasteiger partial charge in [0.15, 0.2) is 30.4 Å². The molecule has 15 nitrogen and oxygen atoms in total. The monoisotopic (exact) mass is 760 g/mol. The predicted molar refractivity (Wildman–Crippen MR) is 186 cm³/mol. The largest absolute Gasteiger partial charge is 0.511 e. The SMILES string of the molecule is CC[C@@]1(O)CC(OC2CCC(OC3CC(O)C(OC4CCC(O)C(C)O4)C(C)O3)C(C)O2)C2=C(O)C3C(=O)c4c(O)cccc4C(=O)C3C(O)=C2C1CO. The van der Waals surface area contributed by atoms with Crippen molar-refractivity contribution in [2.45, 2.75) is 146 Å². The number of phenolic OH excluding ortho intramolecular Hbond substituents is 1. The summed E-state index contributed by atoms with van der Waals surface area (Å²) in [7, 11) is 0. The van der Waals surface area contributed by atoms with Gasteiger partial charge in [-0.15, -0.1) is 0 Å². The van der Waals surface area contributed by atoms with Crippen molar-refractivity contribution < 1.29 is 73.8 Å². The van der Waals surface area contributed by atoms with Gasteiger partial charge in [0, 0.05) is 48.3 Å². The van der Waals surface area contributed by atoms with Crippen molar-refractivity contribution in [2.24, 2.45) is 17.8 Å². The van der Waals surface area contributed by atoms with Crippen LogP contribution in [0.4, 0.5) is 0 Å². The average molecular weight is 761 g/mol. The van der Waals surface area contributed by atoms with Gasteiger partial charge in [0.1, 0.15) is 23.4 Å². The number of hydrogen-bond acceptors (Lipinski definition) is 15. The molecule has 7 rings (SSSR count). The summed E-state index contributed by atoms with van der Waals surface area (Å²) in [6.07, 6.45) is -5.38. The highest BCUT2D eigenvalue weighted by Crippen LogP contribution is 2.54. The molecule has 0 amide bonds. The van der Waals surface area contributed by atoms with Gasteiger partial charge in [0.2, 0.25) is 0 Å². The molecule has 15 atom stereocenters. The Morgan fingerprint density at radius 1 is 0.778 bits per heavy atom. The number of rotatable bonds is 8. The fourth-order valence-corrected chi connectivity index (χ4v) is 9.22. The van der Waals surface area contributed by atoms with Crippen LogP contribution >= 0.6 is 0 Å². The van der Waals surface area contributed by atoms with Crippen LogP contribution in [0.5, 0.6) is 5.75 Å². The first-order valence-corrected chi connectivity index (χ1v) is 19.1. The van der Waals surface area contributed by atoms with Crippen LogP contribution in [0.25, 0.3) is 0 Å². The lowest BCUT2D eigenvalue weighted by atomic mass is 9.60. The molecule has 7 N–H and O–H groups in total. The minimum absolute atomic E-state index is 0.000175. The first-order valence-electron chi connectivity index (χ1n) is 19.1. The number of benzene rings is 1. The van der Waals surface area contributed by atoms with E-state index in [0.717, 1.165) is 0 Å². The smallest absolute Gasteiger partial charge is 0.179 e. The van der Waals surface area contributed by atoms with E-state index in [-0.39, 0.29) is 47.6 Å². The van der Waals surface area contributed by atoms with Gasteiger partial charge in [0.25, 0.3) is 0 Å². The summed E-state index contributed by atoms with van der Waals surface area (Å²) in [4.78, 5) is 27.6. The van der Waals surface area contributed by atoms with Gasteiger partial charge in [0.05, 0.1) is 72.3 Å². The normalized spacial score (nSPS) is 42.7. The molecule has 1 aromatic rings. The highest BCUT2D eigenvalue weighted by Gasteiger charge is 2.58. The molecule has 3 saturated heterocycles. The van der Waals surface area contributed by atoms with Crippen LogP contribution in [-0.2, 0) is 28.4 Å². The van der Waals surface area contributed by atoms with Gasteiger partial charge >= 0.3 is 0 Å². The van der Waals surface area contributed by atoms with E-state index in [1.165, 1.54) is 18.2 Å². The van der Waals surface area contributed by atoms with E-state index in [0.29, 0.717) is 25.7 Å². The zero-order valence-corrected chi connectivity index (χ0v) is 30.9. The summed E-state index contributed by atoms with van der Waals surface area (Å²) < 4.78 is 36.9. The van der Waals surface area contributed by atoms with Crippen LogP contribution in [0.2, 0.25) is 0 Å². The number of allylic oxidation sites excluding steroid dienone is 2. The van der Waals surface area contributed by atoms with Gasteiger partial charge in [-0.2, -0.15) is 0 Å². The van der Waals surface area contributed by atoms with Crippen LogP contribution in [0.15, 0.2) is 40.9 Å². The lowest BCUT2D eigenvalue weighted by Gasteiger charge is -2.49. The standard InChI is InChI=1S/C39H52O15/c1-5-39(48)14-25(31-30(20(39)15-40)36(46)32-33(37(31)47)35(45)29-19(34(32)44)7-6-8-22(29)42)53-26-12-10-24(17(3)50-26)52-28-13-23(43)38(18(4)51-28)54-27-11-9-21(41)16(2)49-27/h6-8,16-18,20-21,23-28,32-33,38,40-43,46-48H,5,9-15H2,1-4H3/t16?,17?,18?,20?,21?,23?,24?,25?,26?,27?,28?,32?,33?,38?,39-/m1/s1. The molecular weight excluding hydrogens is 708 g/mol. The highest BCUT2D eigenvalue weighted by atomic mass is 16.7. The lowest BCUT2D eigenvalue weighted by Crippen LogP contribution is -2.55. The molecular formula is C39H52O15. The predicted octanol–water partition coefficient (Wildman–Crippen LogP) is 2.86. The minimum Gasteiger partial charge on any atom is -0.511 e. The molecule has 3 heterocycles. The lowest BCUT2D eigenvalue weighted by molar-refractivity contribution is -0.321. The number of ketones is 2. The molecule has 1 aromatic carbocycles. The third-order valence-corrected chi connectivity index (χ3v) is 12.3. The molecule has 6 aliphatic rings. The summed E-state index contributed by atoms with van der Waals surface area (Å²) in [5.74, 6) is -7.11. The molecule has 0 radical (unpaired) electrons. The van der Waals surface area contributed by atoms with Gasteiger partial charge in [-0.25, -0.2) is 0 Å². The van der Waals surface area contributed by atoms with Crippen molar-refractivity contribution in [3.63, 3.8) is 0 Å². The second-order valence-electron chi connectivity index (χ2n) is 15.6. The number of aliphatic hydroxyl groups is 6. The van der Waals surface area contributed by atoms with Crippen molar-refractivity contribution >= 4 is 11.6 Å². The van der Waals surface area contributed by atoms with Crippen LogP contribution in [0, 0.1) is 17.8 Å². The number of Topliss-reactive ketones (excluding diaryl/α,β-unsaturated/α-hetero) is 2. The van der Waals surface area contributed by atoms with Crippen molar-refractivity contribution in [1.29, 1.82) is 0 Å². The topological polar surface area (TPSA) is 231 Å². The maximum Gasteiger partial charge on any atom is 0.179 e. The number of carbonyl (C=O) groups is 2. The maximum absolute atomic E-state index is 13.8. The van der Waals surface area contributed by atoms with Crippen LogP contribution in [0.3, 0.4) is 0 Å². The summed E-state index contributed by atoms with van der Waals surface area (Å²) in [5, 5.41) is 77.5. The molecule has 0 aromatic heterocycles. The molecule has 3 aliphatic heterocycles. The number of aromatic hydroxyl groups is 1. The Balaban J connectivity index is 1.06. The van der Waals surface area contributed by atoms with Crippen molar-refractivity contribution in [3.05, 3.63) is 52.0 Å². The molecule has 54 heavy (non-hydrogen) atoms. The molecule has 1 saturated carbocycles. The molecule has 298 valence electrons. The highest BCUT2D eigenvalue weighted by molar-refractivity contribution is 6.19. The number of fused-ring (bicyclic) bond motifs is 3. The number of ether oxygens (including phenoxy) is 6. The first-order chi connectivity index (χ1) is 25.7. The van der Waals surface area contributed by atoms with Crippen LogP contribution in [0.1, 0.15) is 93.4 Å². The molecule has 3 aliphatic carbocycles. The van der Waals surface area contributed by atoms with E-state index in [1.54, 1.807) is 27.7 Å². The zero-order valence-electron chi connectivity index (χ0n) is 30.9. The molecule has 4 fully saturated rings. The molecule has 0 bridgehead atoms. The van der Waals surface area contributed by atoms with E-state index >= 15 is 0 Å². The van der Waals surface area contributed by atoms with Crippen LogP contribution < -0.4 is 0 Å². The Kier molecular flexibility index (Phi) is 11.0. The average Bonchev–Trinajstić information content (AvgIpc) is 3.12. The number of carbonyl (C=O) groups excluding carboxylic acids is 2. The molecule has 14 unspecified atom stereocenters. The van der Waals surface area contributed by atoms with Crippen molar-refractivity contribution in [1.82, 2.24) is 0 Å². The summed E-state index contributed by atoms with van der Waals surface area (Å²) in [5.41, 5.74) is -2.01. The van der Waals surface area contributed by atoms with Gasteiger partial charge in [-0.3, -0.25) is 9.59 Å². The second-order valence-corrected chi connectivity index (χ2v) is 15.6. The Labute approximate surface area is 313 Å². The quantitative estimate of drug-likeness (QED) is 0.202. The third kappa shape index (κ3) is 6.80. The van der Waals surface area contributed by atoms with E-state index in [2.05, 4.69) is 0 Å². The fourth-order valence-electron chi connectivity index (χ4n) is 9.22. The maximum atomic E-state index is 13.8. The Bertz CT molecular complexity index is 1660. The van der Waals surface area contributed by atoms with Gasteiger partial charge in [-0.1, -0.05) is 19.1 Å². The molecule has 15 heteroatoms. The van der Waals surface area contributed by atoms with Crippen molar-refractivity contribution in [3.8, 4) is 5.75 Å². The summed E-state index contributed by atoms with van der Waals surface area (Å²) in [6.45, 7) is 6.44. The zero-order chi connectivity index (χ0) is 38.8. The van der Waals surface area contributed by atoms with Gasteiger partial charge in [-0.05, 0) is 46.1 Å². The van der Waals surface area contributed by atoms with E-state index in [9.17, 15) is 45.3 Å². The number of aliphatic hydroxyl groups excluding tert-OH is 5. The number of phenols is 1. The molecule has 0 spiro atoms. The Morgan fingerprint density at radius 3 is 2.09 bits per heavy atom. The second kappa shape index (κ2) is 15.2. The third-order valence-electron chi connectivity index (χ3n) is 12.3. The fraction of sp³-hybridized carbons (Fsp3) is 0.692. The van der Waals surface area contributed by atoms with Gasteiger partial charge < -0.3 is 64.2 Å². The van der Waals surface area contributed by atoms with E-state index in [4.69, 9.17) is 28.4 Å². The van der Waals surface area contributed by atoms with E-state index in [1.807, 2.05) is 0 Å². The summed E-state index contributed by atoms with van der Waals surface area (Å²) in [6, 6.07) is 4.04. The summed E-state index contributed by atoms with van der Waals surface area (Å²) >= 11 is 0.